The lowest BCUT2D eigenvalue weighted by Gasteiger charge is -2.28. The third kappa shape index (κ3) is 5.46. The lowest BCUT2D eigenvalue weighted by atomic mass is 10.0. The molecule has 1 aliphatic heterocycles. The molecular weight excluding hydrogens is 606 g/mol. The summed E-state index contributed by atoms with van der Waals surface area (Å²) in [6.45, 7) is -0.173. The molecule has 0 radical (unpaired) electrons. The number of hydrogen-bond acceptors (Lipinski definition) is 7. The van der Waals surface area contributed by atoms with Gasteiger partial charge in [0.25, 0.3) is 11.8 Å². The van der Waals surface area contributed by atoms with E-state index in [9.17, 15) is 26.8 Å². The molecule has 10 nitrogen and oxygen atoms in total. The van der Waals surface area contributed by atoms with Gasteiger partial charge in [0.2, 0.25) is 10.0 Å². The number of nitrogens with one attached hydrogen (secondary N) is 1. The largest absolute Gasteiger partial charge is 0.471 e. The Morgan fingerprint density at radius 3 is 2.49 bits per heavy atom. The summed E-state index contributed by atoms with van der Waals surface area (Å²) in [5.41, 5.74) is 1.65. The Hall–Kier alpha value is -5.30. The van der Waals surface area contributed by atoms with Gasteiger partial charge in [-0.15, -0.1) is 0 Å². The molecule has 0 spiro atoms. The first-order valence-corrected chi connectivity index (χ1v) is 15.5. The Morgan fingerprint density at radius 2 is 1.80 bits per heavy atom. The van der Waals surface area contributed by atoms with Gasteiger partial charge in [-0.25, -0.2) is 22.2 Å². The van der Waals surface area contributed by atoms with Crippen LogP contribution in [0.15, 0.2) is 77.2 Å². The predicted molar refractivity (Wildman–Crippen MR) is 163 cm³/mol. The van der Waals surface area contributed by atoms with Crippen LogP contribution in [0.4, 0.5) is 14.5 Å². The van der Waals surface area contributed by atoms with E-state index in [-0.39, 0.29) is 58.6 Å². The highest BCUT2D eigenvalue weighted by Crippen LogP contribution is 2.41. The van der Waals surface area contributed by atoms with E-state index < -0.39 is 33.5 Å². The maximum absolute atomic E-state index is 14.3. The van der Waals surface area contributed by atoms with E-state index in [0.717, 1.165) is 10.6 Å². The maximum atomic E-state index is 14.3. The monoisotopic (exact) mass is 632 g/mol. The third-order valence-corrected chi connectivity index (χ3v) is 8.71. The van der Waals surface area contributed by atoms with Crippen LogP contribution in [-0.4, -0.2) is 57.2 Å². The second-order valence-electron chi connectivity index (χ2n) is 10.4. The second-order valence-corrected chi connectivity index (χ2v) is 12.4. The highest BCUT2D eigenvalue weighted by atomic mass is 32.2. The Bertz CT molecular complexity index is 2100. The fourth-order valence-electron chi connectivity index (χ4n) is 5.10. The summed E-state index contributed by atoms with van der Waals surface area (Å²) in [4.78, 5) is 32.6. The van der Waals surface area contributed by atoms with Crippen molar-refractivity contribution in [2.24, 2.45) is 0 Å². The summed E-state index contributed by atoms with van der Waals surface area (Å²) < 4.78 is 66.4. The molecule has 45 heavy (non-hydrogen) atoms. The fourth-order valence-corrected chi connectivity index (χ4v) is 5.61. The third-order valence-electron chi connectivity index (χ3n) is 7.52. The predicted octanol–water partition coefficient (Wildman–Crippen LogP) is 5.19. The molecule has 1 aliphatic rings. The van der Waals surface area contributed by atoms with E-state index in [1.54, 1.807) is 36.4 Å². The molecule has 230 valence electrons. The number of halogens is 2. The van der Waals surface area contributed by atoms with E-state index >= 15 is 0 Å². The summed E-state index contributed by atoms with van der Waals surface area (Å²) in [6.07, 6.45) is 1.03. The van der Waals surface area contributed by atoms with Gasteiger partial charge in [0.1, 0.15) is 23.0 Å². The van der Waals surface area contributed by atoms with Gasteiger partial charge in [-0.1, -0.05) is 18.2 Å². The second kappa shape index (κ2) is 11.3. The van der Waals surface area contributed by atoms with E-state index in [1.165, 1.54) is 55.4 Å². The number of hydrogen-bond donors (Lipinski definition) is 1. The summed E-state index contributed by atoms with van der Waals surface area (Å²) in [5.74, 6) is -1.57. The van der Waals surface area contributed by atoms with Crippen molar-refractivity contribution in [2.45, 2.75) is 6.54 Å². The van der Waals surface area contributed by atoms with Gasteiger partial charge < -0.3 is 14.5 Å². The van der Waals surface area contributed by atoms with Gasteiger partial charge in [-0.2, -0.15) is 0 Å². The van der Waals surface area contributed by atoms with E-state index in [0.29, 0.717) is 16.5 Å². The molecule has 0 fully saturated rings. The highest BCUT2D eigenvalue weighted by Gasteiger charge is 2.30. The van der Waals surface area contributed by atoms with Crippen LogP contribution in [0, 0.1) is 11.6 Å². The molecule has 13 heteroatoms. The van der Waals surface area contributed by atoms with Crippen LogP contribution >= 0.6 is 0 Å². The number of sulfonamides is 1. The quantitative estimate of drug-likeness (QED) is 0.262. The zero-order valence-electron chi connectivity index (χ0n) is 24.3. The smallest absolute Gasteiger partial charge is 0.279 e. The average Bonchev–Trinajstić information content (AvgIpc) is 3.40. The first-order valence-electron chi connectivity index (χ1n) is 13.7. The van der Waals surface area contributed by atoms with Gasteiger partial charge in [0.05, 0.1) is 29.7 Å². The van der Waals surface area contributed by atoms with Crippen LogP contribution < -0.4 is 14.4 Å². The number of nitrogens with zero attached hydrogens (tertiary/aromatic N) is 3. The number of furan rings is 1. The molecule has 3 heterocycles. The number of carbonyl (C=O) groups excluding carboxylic acids is 2. The maximum Gasteiger partial charge on any atom is 0.279 e. The van der Waals surface area contributed by atoms with Crippen LogP contribution in [0.25, 0.3) is 33.6 Å². The number of anilines is 1. The van der Waals surface area contributed by atoms with Crippen molar-refractivity contribution in [3.8, 4) is 28.3 Å². The lowest BCUT2D eigenvalue weighted by molar-refractivity contribution is 0.0485. The standard InChI is InChI=1S/C32H26F2N4O6S/c1-35-31(39)28-22-14-21(25(37(2)45(3,41)42)15-27(22)44-30(28)18-8-10-20(33)11-9-18)24-12-13-26-29(36-24)32(40)38(17-43-26)16-19-6-4-5-7-23(19)34/h4-15H,16-17H2,1-3H3,(H,35,39). The van der Waals surface area contributed by atoms with Gasteiger partial charge in [-0.3, -0.25) is 18.8 Å². The van der Waals surface area contributed by atoms with Gasteiger partial charge in [0, 0.05) is 42.2 Å². The van der Waals surface area contributed by atoms with E-state index in [4.69, 9.17) is 9.15 Å². The minimum Gasteiger partial charge on any atom is -0.471 e. The normalized spacial score (nSPS) is 13.0. The number of amides is 2. The molecule has 0 saturated carbocycles. The van der Waals surface area contributed by atoms with Crippen LogP contribution in [0.2, 0.25) is 0 Å². The van der Waals surface area contributed by atoms with Gasteiger partial charge in [0.15, 0.2) is 18.2 Å². The minimum absolute atomic E-state index is 0.0473. The average molecular weight is 633 g/mol. The van der Waals surface area contributed by atoms with Gasteiger partial charge >= 0.3 is 0 Å². The van der Waals surface area contributed by atoms with Crippen molar-refractivity contribution >= 4 is 38.5 Å². The van der Waals surface area contributed by atoms with Crippen molar-refractivity contribution in [3.63, 3.8) is 0 Å². The number of ether oxygens (including phenoxy) is 1. The minimum atomic E-state index is -3.80. The van der Waals surface area contributed by atoms with Crippen molar-refractivity contribution in [2.75, 3.05) is 31.4 Å². The molecule has 0 saturated heterocycles. The van der Waals surface area contributed by atoms with Crippen LogP contribution in [0.3, 0.4) is 0 Å². The van der Waals surface area contributed by atoms with Crippen molar-refractivity contribution in [3.05, 3.63) is 101 Å². The lowest BCUT2D eigenvalue weighted by Crippen LogP contribution is -2.39. The molecule has 0 bridgehead atoms. The molecule has 2 amide bonds. The molecular formula is C32H26F2N4O6S. The van der Waals surface area contributed by atoms with E-state index in [1.807, 2.05) is 0 Å². The molecule has 0 unspecified atom stereocenters. The molecule has 0 aliphatic carbocycles. The SMILES string of the molecule is CNC(=O)c1c(-c2ccc(F)cc2)oc2cc(N(C)S(C)(=O)=O)c(-c3ccc4c(n3)C(=O)N(Cc3ccccc3F)CO4)cc12. The van der Waals surface area contributed by atoms with Gasteiger partial charge in [-0.05, 0) is 48.5 Å². The van der Waals surface area contributed by atoms with Crippen molar-refractivity contribution in [1.29, 1.82) is 0 Å². The number of rotatable bonds is 7. The Labute approximate surface area is 256 Å². The zero-order valence-corrected chi connectivity index (χ0v) is 25.1. The Morgan fingerprint density at radius 1 is 1.07 bits per heavy atom. The molecule has 6 rings (SSSR count). The summed E-state index contributed by atoms with van der Waals surface area (Å²) in [5, 5.41) is 2.92. The Kier molecular flexibility index (Phi) is 7.49. The highest BCUT2D eigenvalue weighted by molar-refractivity contribution is 7.92. The topological polar surface area (TPSA) is 122 Å². The number of benzene rings is 3. The Balaban J connectivity index is 1.52. The molecule has 2 aromatic heterocycles. The first kappa shape index (κ1) is 29.8. The summed E-state index contributed by atoms with van der Waals surface area (Å²) in [6, 6.07) is 17.6. The summed E-state index contributed by atoms with van der Waals surface area (Å²) in [7, 11) is -1.00. The molecule has 0 atom stereocenters. The molecule has 3 aromatic carbocycles. The number of aromatic nitrogens is 1. The van der Waals surface area contributed by atoms with Crippen molar-refractivity contribution in [1.82, 2.24) is 15.2 Å². The first-order chi connectivity index (χ1) is 21.5. The van der Waals surface area contributed by atoms with Crippen LogP contribution in [0.5, 0.6) is 5.75 Å². The molecule has 5 aromatic rings. The number of fused-ring (bicyclic) bond motifs is 2. The fraction of sp³-hybridized carbons (Fsp3) is 0.156. The number of carbonyl (C=O) groups is 2. The van der Waals surface area contributed by atoms with Crippen LogP contribution in [-0.2, 0) is 16.6 Å². The van der Waals surface area contributed by atoms with Crippen molar-refractivity contribution < 1.29 is 35.9 Å². The van der Waals surface area contributed by atoms with E-state index in [2.05, 4.69) is 10.3 Å². The zero-order chi connectivity index (χ0) is 32.0. The molecule has 1 N–H and O–H groups in total. The number of pyridine rings is 1. The van der Waals surface area contributed by atoms with Crippen LogP contribution in [0.1, 0.15) is 26.4 Å². The summed E-state index contributed by atoms with van der Waals surface area (Å²) >= 11 is 0.